The molecule has 7 heteroatoms. The summed E-state index contributed by atoms with van der Waals surface area (Å²) in [6, 6.07) is 3.85. The second kappa shape index (κ2) is 7.62. The van der Waals surface area contributed by atoms with Gasteiger partial charge in [0.2, 0.25) is 5.88 Å². The molecule has 0 atom stereocenters. The molecule has 2 aliphatic heterocycles. The lowest BCUT2D eigenvalue weighted by atomic mass is 10.3. The highest BCUT2D eigenvalue weighted by Crippen LogP contribution is 2.23. The highest BCUT2D eigenvalue weighted by atomic mass is 16.5. The Bertz CT molecular complexity index is 474. The van der Waals surface area contributed by atoms with Gasteiger partial charge in [-0.05, 0) is 0 Å². The van der Waals surface area contributed by atoms with E-state index in [4.69, 9.17) is 19.9 Å². The van der Waals surface area contributed by atoms with Crippen LogP contribution in [0.4, 0.5) is 11.5 Å². The maximum Gasteiger partial charge on any atom is 0.217 e. The molecule has 1 aromatic rings. The van der Waals surface area contributed by atoms with Gasteiger partial charge in [-0.2, -0.15) is 4.98 Å². The minimum atomic E-state index is 0.491. The van der Waals surface area contributed by atoms with E-state index in [0.717, 1.165) is 64.8 Å². The van der Waals surface area contributed by atoms with E-state index in [1.165, 1.54) is 0 Å². The highest BCUT2D eigenvalue weighted by Gasteiger charge is 2.14. The summed E-state index contributed by atoms with van der Waals surface area (Å²) >= 11 is 0. The lowest BCUT2D eigenvalue weighted by Crippen LogP contribution is -2.38. The average Bonchev–Trinajstić information content (AvgIpc) is 2.56. The molecule has 2 aliphatic rings. The zero-order chi connectivity index (χ0) is 15.2. The highest BCUT2D eigenvalue weighted by molar-refractivity contribution is 5.55. The molecule has 2 fully saturated rings. The standard InChI is InChI=1S/C15H24N4O3/c16-14-11-13(19-4-8-21-9-5-19)12-15(17-14)22-10-3-18-1-6-20-7-2-18/h11-12H,1-10H2,(H2,16,17). The molecule has 3 heterocycles. The Hall–Kier alpha value is -1.57. The van der Waals surface area contributed by atoms with Crippen LogP contribution in [0.15, 0.2) is 12.1 Å². The van der Waals surface area contributed by atoms with E-state index in [0.29, 0.717) is 18.3 Å². The number of ether oxygens (including phenoxy) is 3. The van der Waals surface area contributed by atoms with Gasteiger partial charge in [-0.25, -0.2) is 0 Å². The Morgan fingerprint density at radius 2 is 1.73 bits per heavy atom. The van der Waals surface area contributed by atoms with Crippen molar-refractivity contribution in [2.24, 2.45) is 0 Å². The molecule has 3 rings (SSSR count). The van der Waals surface area contributed by atoms with Crippen molar-refractivity contribution in [3.8, 4) is 5.88 Å². The minimum absolute atomic E-state index is 0.491. The van der Waals surface area contributed by atoms with E-state index < -0.39 is 0 Å². The predicted octanol–water partition coefficient (Wildman–Crippen LogP) is 0.211. The van der Waals surface area contributed by atoms with Gasteiger partial charge in [0, 0.05) is 50.5 Å². The van der Waals surface area contributed by atoms with E-state index in [-0.39, 0.29) is 0 Å². The first-order chi connectivity index (χ1) is 10.8. The minimum Gasteiger partial charge on any atom is -0.476 e. The van der Waals surface area contributed by atoms with Gasteiger partial charge < -0.3 is 24.8 Å². The molecule has 0 bridgehead atoms. The first-order valence-corrected chi connectivity index (χ1v) is 7.84. The van der Waals surface area contributed by atoms with Crippen LogP contribution in [0, 0.1) is 0 Å². The van der Waals surface area contributed by atoms with Crippen molar-refractivity contribution in [3.63, 3.8) is 0 Å². The molecule has 0 aliphatic carbocycles. The van der Waals surface area contributed by atoms with Crippen LogP contribution in [0.5, 0.6) is 5.88 Å². The van der Waals surface area contributed by atoms with E-state index >= 15 is 0 Å². The Morgan fingerprint density at radius 3 is 2.45 bits per heavy atom. The van der Waals surface area contributed by atoms with Gasteiger partial charge in [-0.15, -0.1) is 0 Å². The molecule has 1 aromatic heterocycles. The van der Waals surface area contributed by atoms with Crippen molar-refractivity contribution < 1.29 is 14.2 Å². The van der Waals surface area contributed by atoms with Gasteiger partial charge in [-0.1, -0.05) is 0 Å². The second-order valence-electron chi connectivity index (χ2n) is 5.49. The quantitative estimate of drug-likeness (QED) is 0.833. The number of pyridine rings is 1. The number of anilines is 2. The molecule has 7 nitrogen and oxygen atoms in total. The number of nitrogens with two attached hydrogens (primary N) is 1. The number of morpholine rings is 2. The summed E-state index contributed by atoms with van der Waals surface area (Å²) in [7, 11) is 0. The Morgan fingerprint density at radius 1 is 1.05 bits per heavy atom. The first kappa shape index (κ1) is 15.3. The van der Waals surface area contributed by atoms with Gasteiger partial charge in [0.1, 0.15) is 12.4 Å². The third kappa shape index (κ3) is 4.22. The third-order valence-corrected chi connectivity index (χ3v) is 3.94. The lowest BCUT2D eigenvalue weighted by molar-refractivity contribution is 0.0320. The van der Waals surface area contributed by atoms with Gasteiger partial charge in [0.05, 0.1) is 26.4 Å². The van der Waals surface area contributed by atoms with Crippen molar-refractivity contribution in [3.05, 3.63) is 12.1 Å². The molecule has 0 amide bonds. The summed E-state index contributed by atoms with van der Waals surface area (Å²) in [5.74, 6) is 1.08. The van der Waals surface area contributed by atoms with E-state index in [1.54, 1.807) is 0 Å². The van der Waals surface area contributed by atoms with Gasteiger partial charge in [0.25, 0.3) is 0 Å². The van der Waals surface area contributed by atoms with Gasteiger partial charge in [-0.3, -0.25) is 4.90 Å². The number of hydrogen-bond donors (Lipinski definition) is 1. The summed E-state index contributed by atoms with van der Waals surface area (Å²) in [5, 5.41) is 0. The van der Waals surface area contributed by atoms with Crippen LogP contribution < -0.4 is 15.4 Å². The predicted molar refractivity (Wildman–Crippen MR) is 84.4 cm³/mol. The van der Waals surface area contributed by atoms with Crippen molar-refractivity contribution in [2.75, 3.05) is 76.4 Å². The SMILES string of the molecule is Nc1cc(N2CCOCC2)cc(OCCN2CCOCC2)n1. The number of rotatable bonds is 5. The van der Waals surface area contributed by atoms with E-state index in [9.17, 15) is 0 Å². The Balaban J connectivity index is 1.54. The van der Waals surface area contributed by atoms with Gasteiger partial charge >= 0.3 is 0 Å². The third-order valence-electron chi connectivity index (χ3n) is 3.94. The molecule has 2 saturated heterocycles. The molecular formula is C15H24N4O3. The molecule has 122 valence electrons. The van der Waals surface area contributed by atoms with E-state index in [2.05, 4.69) is 14.8 Å². The fourth-order valence-electron chi connectivity index (χ4n) is 2.69. The molecule has 0 aromatic carbocycles. The number of aromatic nitrogens is 1. The number of nitrogen functional groups attached to an aromatic ring is 1. The topological polar surface area (TPSA) is 73.1 Å². The smallest absolute Gasteiger partial charge is 0.217 e. The average molecular weight is 308 g/mol. The first-order valence-electron chi connectivity index (χ1n) is 7.84. The molecule has 0 unspecified atom stereocenters. The summed E-state index contributed by atoms with van der Waals surface area (Å²) < 4.78 is 16.5. The second-order valence-corrected chi connectivity index (χ2v) is 5.49. The van der Waals surface area contributed by atoms with E-state index in [1.807, 2.05) is 12.1 Å². The van der Waals surface area contributed by atoms with Crippen molar-refractivity contribution in [1.82, 2.24) is 9.88 Å². The number of nitrogens with zero attached hydrogens (tertiary/aromatic N) is 3. The van der Waals surface area contributed by atoms with Crippen molar-refractivity contribution >= 4 is 11.5 Å². The zero-order valence-corrected chi connectivity index (χ0v) is 12.9. The van der Waals surface area contributed by atoms with Crippen LogP contribution in [0.25, 0.3) is 0 Å². The monoisotopic (exact) mass is 308 g/mol. The fraction of sp³-hybridized carbons (Fsp3) is 0.667. The van der Waals surface area contributed by atoms with Crippen LogP contribution in [0.2, 0.25) is 0 Å². The van der Waals surface area contributed by atoms with Crippen LogP contribution in [0.3, 0.4) is 0 Å². The maximum absolute atomic E-state index is 5.90. The lowest BCUT2D eigenvalue weighted by Gasteiger charge is -2.29. The van der Waals surface area contributed by atoms with Crippen LogP contribution in [0.1, 0.15) is 0 Å². The van der Waals surface area contributed by atoms with Crippen LogP contribution in [-0.4, -0.2) is 75.6 Å². The number of hydrogen-bond acceptors (Lipinski definition) is 7. The molecule has 0 radical (unpaired) electrons. The summed E-state index contributed by atoms with van der Waals surface area (Å²) in [6.45, 7) is 8.26. The largest absolute Gasteiger partial charge is 0.476 e. The maximum atomic E-state index is 5.90. The Kier molecular flexibility index (Phi) is 5.31. The van der Waals surface area contributed by atoms with Crippen molar-refractivity contribution in [2.45, 2.75) is 0 Å². The summed E-state index contributed by atoms with van der Waals surface area (Å²) in [4.78, 5) is 8.84. The Labute approximate surface area is 130 Å². The van der Waals surface area contributed by atoms with Crippen molar-refractivity contribution in [1.29, 1.82) is 0 Å². The molecular weight excluding hydrogens is 284 g/mol. The molecule has 22 heavy (non-hydrogen) atoms. The van der Waals surface area contributed by atoms with Gasteiger partial charge in [0.15, 0.2) is 0 Å². The molecule has 2 N–H and O–H groups in total. The van der Waals surface area contributed by atoms with Crippen LogP contribution in [-0.2, 0) is 9.47 Å². The fourth-order valence-corrected chi connectivity index (χ4v) is 2.69. The normalized spacial score (nSPS) is 20.1. The van der Waals surface area contributed by atoms with Crippen LogP contribution >= 0.6 is 0 Å². The summed E-state index contributed by atoms with van der Waals surface area (Å²) in [6.07, 6.45) is 0. The zero-order valence-electron chi connectivity index (χ0n) is 12.9. The summed E-state index contributed by atoms with van der Waals surface area (Å²) in [5.41, 5.74) is 6.96. The molecule has 0 spiro atoms. The molecule has 0 saturated carbocycles.